The van der Waals surface area contributed by atoms with E-state index >= 15 is 0 Å². The van der Waals surface area contributed by atoms with Gasteiger partial charge in [0.05, 0.1) is 0 Å². The molecule has 0 saturated heterocycles. The van der Waals surface area contributed by atoms with Crippen molar-refractivity contribution in [1.29, 1.82) is 0 Å². The maximum Gasteiger partial charge on any atom is 2.00 e. The third-order valence-corrected chi connectivity index (χ3v) is 4.42. The minimum absolute atomic E-state index is 0. The zero-order valence-corrected chi connectivity index (χ0v) is 17.9. The van der Waals surface area contributed by atoms with E-state index in [1.54, 1.807) is 18.1 Å². The smallest absolute Gasteiger partial charge is 1.00 e. The molecule has 0 bridgehead atoms. The summed E-state index contributed by atoms with van der Waals surface area (Å²) in [4.78, 5) is 0. The van der Waals surface area contributed by atoms with E-state index in [4.69, 9.17) is 0 Å². The van der Waals surface area contributed by atoms with Gasteiger partial charge in [-0.15, -0.1) is 37.1 Å². The second-order valence-corrected chi connectivity index (χ2v) is 5.62. The van der Waals surface area contributed by atoms with Crippen LogP contribution in [0.5, 0.6) is 0 Å². The summed E-state index contributed by atoms with van der Waals surface area (Å²) < 4.78 is 0. The minimum atomic E-state index is 0. The number of allylic oxidation sites excluding steroid dienone is 8. The number of hydrogen-bond donors (Lipinski definition) is 0. The molecule has 0 heterocycles. The maximum atomic E-state index is 3.25. The van der Waals surface area contributed by atoms with Crippen molar-refractivity contribution in [3.63, 3.8) is 0 Å². The van der Waals surface area contributed by atoms with Gasteiger partial charge >= 0.3 is 26.2 Å². The molecule has 0 N–H and O–H groups in total. The molecule has 4 rings (SSSR count). The summed E-state index contributed by atoms with van der Waals surface area (Å²) in [6, 6.07) is 0. The van der Waals surface area contributed by atoms with Gasteiger partial charge in [0.25, 0.3) is 0 Å². The fourth-order valence-corrected chi connectivity index (χ4v) is 3.33. The quantitative estimate of drug-likeness (QED) is 0.469. The van der Waals surface area contributed by atoms with Gasteiger partial charge in [0, 0.05) is 0 Å². The minimum Gasteiger partial charge on any atom is -1.00 e. The van der Waals surface area contributed by atoms with Crippen molar-refractivity contribution in [3.05, 3.63) is 67.4 Å². The summed E-state index contributed by atoms with van der Waals surface area (Å²) in [5.41, 5.74) is 3.16. The van der Waals surface area contributed by atoms with Gasteiger partial charge in [-0.2, -0.15) is 6.92 Å². The number of fused-ring (bicyclic) bond motifs is 2. The second-order valence-electron chi connectivity index (χ2n) is 5.62. The Morgan fingerprint density at radius 3 is 1.57 bits per heavy atom. The molecule has 0 aliphatic heterocycles. The van der Waals surface area contributed by atoms with Crippen molar-refractivity contribution in [1.82, 2.24) is 0 Å². The van der Waals surface area contributed by atoms with Crippen LogP contribution in [0.25, 0.3) is 0 Å². The molecule has 2 atom stereocenters. The first-order valence-corrected chi connectivity index (χ1v) is 8.04. The van der Waals surface area contributed by atoms with Crippen LogP contribution >= 0.6 is 0 Å². The zero-order valence-electron chi connectivity index (χ0n) is 14.0. The first-order valence-electron chi connectivity index (χ1n) is 8.04. The Morgan fingerprint density at radius 2 is 1.22 bits per heavy atom. The van der Waals surface area contributed by atoms with Crippen molar-refractivity contribution >= 4 is 0 Å². The van der Waals surface area contributed by atoms with E-state index in [1.807, 2.05) is 0 Å². The standard InChI is InChI=1S/2C9H11.C2H5.2ClH.Zr/c2*1-2-5-9-7-3-6-8(9)4-1;1-2;;;/h2*1-2,4,6,9H,3,5,7H2;1H2,2H3;2*1H;/q3*-1;;;+2/p-2. The van der Waals surface area contributed by atoms with Gasteiger partial charge in [0.2, 0.25) is 0 Å². The molecule has 0 aromatic heterocycles. The maximum absolute atomic E-state index is 3.25. The van der Waals surface area contributed by atoms with Crippen LogP contribution < -0.4 is 24.8 Å². The van der Waals surface area contributed by atoms with Crippen LogP contribution in [0.15, 0.2) is 47.6 Å². The molecule has 0 amide bonds. The Morgan fingerprint density at radius 1 is 0.826 bits per heavy atom. The average Bonchev–Trinajstić information content (AvgIpc) is 3.18. The Hall–Kier alpha value is 0.163. The first-order chi connectivity index (χ1) is 9.93. The first kappa shape index (κ1) is 25.4. The van der Waals surface area contributed by atoms with Gasteiger partial charge in [-0.3, -0.25) is 0 Å². The van der Waals surface area contributed by atoms with Crippen LogP contribution in [0.3, 0.4) is 0 Å². The molecule has 0 nitrogen and oxygen atoms in total. The molecule has 23 heavy (non-hydrogen) atoms. The van der Waals surface area contributed by atoms with Crippen molar-refractivity contribution in [2.24, 2.45) is 11.8 Å². The van der Waals surface area contributed by atoms with E-state index in [2.05, 4.69) is 56.2 Å². The molecular formula is C20H27Cl2Zr-3. The van der Waals surface area contributed by atoms with E-state index < -0.39 is 0 Å². The van der Waals surface area contributed by atoms with Gasteiger partial charge < -0.3 is 31.7 Å². The third-order valence-electron chi connectivity index (χ3n) is 4.42. The van der Waals surface area contributed by atoms with Crippen LogP contribution in [0, 0.1) is 31.6 Å². The molecule has 3 heteroatoms. The van der Waals surface area contributed by atoms with Crippen molar-refractivity contribution in [3.8, 4) is 0 Å². The molecule has 128 valence electrons. The SMILES string of the molecule is C1=CCC2CC[CH-]C2=C1.C1=CCC2CC[CH-]C2=C1.[CH2-]C.[Cl-].[Cl-].[Zr+2]. The molecule has 4 aliphatic rings. The summed E-state index contributed by atoms with van der Waals surface area (Å²) in [6.07, 6.45) is 26.1. The van der Waals surface area contributed by atoms with Gasteiger partial charge in [-0.05, 0) is 24.7 Å². The molecule has 0 spiro atoms. The van der Waals surface area contributed by atoms with Crippen molar-refractivity contribution in [2.75, 3.05) is 0 Å². The molecule has 0 aromatic rings. The van der Waals surface area contributed by atoms with Gasteiger partial charge in [0.15, 0.2) is 0 Å². The van der Waals surface area contributed by atoms with Crippen LogP contribution in [-0.4, -0.2) is 0 Å². The van der Waals surface area contributed by atoms with E-state index in [-0.39, 0.29) is 51.0 Å². The Bertz CT molecular complexity index is 381. The fourth-order valence-electron chi connectivity index (χ4n) is 3.33. The summed E-state index contributed by atoms with van der Waals surface area (Å²) in [7, 11) is 0. The topological polar surface area (TPSA) is 0 Å². The number of halogens is 2. The van der Waals surface area contributed by atoms with Crippen LogP contribution in [-0.2, 0) is 26.2 Å². The fraction of sp³-hybridized carbons (Fsp3) is 0.450. The van der Waals surface area contributed by atoms with Crippen LogP contribution in [0.4, 0.5) is 0 Å². The molecule has 2 fully saturated rings. The average molecular weight is 430 g/mol. The van der Waals surface area contributed by atoms with E-state index in [1.165, 1.54) is 38.5 Å². The Labute approximate surface area is 174 Å². The van der Waals surface area contributed by atoms with Gasteiger partial charge in [-0.25, -0.2) is 36.1 Å². The molecule has 4 aliphatic carbocycles. The molecule has 0 aromatic carbocycles. The Balaban J connectivity index is 0. The Kier molecular flexibility index (Phi) is 16.0. The third kappa shape index (κ3) is 7.72. The summed E-state index contributed by atoms with van der Waals surface area (Å²) >= 11 is 0. The molecule has 0 radical (unpaired) electrons. The zero-order chi connectivity index (χ0) is 14.2. The number of hydrogen-bond acceptors (Lipinski definition) is 0. The van der Waals surface area contributed by atoms with Gasteiger partial charge in [-0.1, -0.05) is 12.8 Å². The normalized spacial score (nSPS) is 24.6. The van der Waals surface area contributed by atoms with E-state index in [9.17, 15) is 0 Å². The number of rotatable bonds is 0. The summed E-state index contributed by atoms with van der Waals surface area (Å²) in [5.74, 6) is 1.77. The van der Waals surface area contributed by atoms with E-state index in [0.29, 0.717) is 0 Å². The second kappa shape index (κ2) is 14.5. The van der Waals surface area contributed by atoms with E-state index in [0.717, 1.165) is 11.8 Å². The molecule has 2 saturated carbocycles. The van der Waals surface area contributed by atoms with Gasteiger partial charge in [0.1, 0.15) is 0 Å². The summed E-state index contributed by atoms with van der Waals surface area (Å²) in [6.45, 7) is 5.00. The predicted molar refractivity (Wildman–Crippen MR) is 88.8 cm³/mol. The largest absolute Gasteiger partial charge is 2.00 e. The summed E-state index contributed by atoms with van der Waals surface area (Å²) in [5, 5.41) is 0. The van der Waals surface area contributed by atoms with Crippen LogP contribution in [0.1, 0.15) is 45.4 Å². The van der Waals surface area contributed by atoms with Crippen LogP contribution in [0.2, 0.25) is 0 Å². The molecule has 2 unspecified atom stereocenters. The predicted octanol–water partition coefficient (Wildman–Crippen LogP) is -0.180. The molecular weight excluding hydrogens is 402 g/mol. The monoisotopic (exact) mass is 427 g/mol. The van der Waals surface area contributed by atoms with Crippen molar-refractivity contribution < 1.29 is 51.0 Å². The van der Waals surface area contributed by atoms with Crippen molar-refractivity contribution in [2.45, 2.75) is 45.4 Å².